The van der Waals surface area contributed by atoms with E-state index in [9.17, 15) is 0 Å². The van der Waals surface area contributed by atoms with Crippen LogP contribution in [0.1, 0.15) is 37.4 Å². The van der Waals surface area contributed by atoms with Crippen LogP contribution < -0.4 is 10.1 Å². The van der Waals surface area contributed by atoms with Crippen LogP contribution in [-0.2, 0) is 12.8 Å². The van der Waals surface area contributed by atoms with Crippen LogP contribution in [0.3, 0.4) is 0 Å². The fourth-order valence-electron chi connectivity index (χ4n) is 3.98. The first-order valence-electron chi connectivity index (χ1n) is 9.66. The van der Waals surface area contributed by atoms with E-state index in [4.69, 9.17) is 9.84 Å². The van der Waals surface area contributed by atoms with Gasteiger partial charge in [-0.2, -0.15) is 5.10 Å². The second-order valence-corrected chi connectivity index (χ2v) is 6.92. The van der Waals surface area contributed by atoms with Crippen LogP contribution in [0.25, 0.3) is 5.69 Å². The van der Waals surface area contributed by atoms with Crippen LogP contribution in [0.4, 0.5) is 5.82 Å². The van der Waals surface area contributed by atoms with Crippen molar-refractivity contribution in [1.29, 1.82) is 0 Å². The van der Waals surface area contributed by atoms with Gasteiger partial charge in [-0.3, -0.25) is 0 Å². The topological polar surface area (TPSA) is 42.3 Å². The minimum atomic E-state index is 0.662. The smallest absolute Gasteiger partial charge is 0.145 e. The average molecular weight is 340 g/mol. The Labute approximate surface area is 150 Å². The molecule has 5 heteroatoms. The van der Waals surface area contributed by atoms with Crippen molar-refractivity contribution >= 4 is 5.82 Å². The molecule has 0 amide bonds. The average Bonchev–Trinajstić information content (AvgIpc) is 3.25. The van der Waals surface area contributed by atoms with Crippen LogP contribution in [0, 0.1) is 0 Å². The molecule has 0 saturated carbocycles. The molecule has 5 nitrogen and oxygen atoms in total. The number of likely N-dealkylation sites (tertiary alicyclic amines) is 1. The summed E-state index contributed by atoms with van der Waals surface area (Å²) in [5.74, 6) is 2.05. The lowest BCUT2D eigenvalue weighted by Gasteiger charge is -2.26. The zero-order valence-corrected chi connectivity index (χ0v) is 15.1. The lowest BCUT2D eigenvalue weighted by Crippen LogP contribution is -2.31. The van der Waals surface area contributed by atoms with Gasteiger partial charge in [0.15, 0.2) is 0 Å². The molecule has 0 aliphatic carbocycles. The Morgan fingerprint density at radius 3 is 2.84 bits per heavy atom. The Balaban J connectivity index is 1.59. The first-order valence-corrected chi connectivity index (χ1v) is 9.66. The van der Waals surface area contributed by atoms with E-state index in [0.29, 0.717) is 6.61 Å². The fourth-order valence-corrected chi connectivity index (χ4v) is 3.98. The molecular formula is C20H28N4O. The van der Waals surface area contributed by atoms with Gasteiger partial charge in [0.2, 0.25) is 0 Å². The SMILES string of the molecule is CCOc1ccccc1-n1nc(CCN2CCCCC2)c2c1NCC2. The maximum atomic E-state index is 5.82. The first kappa shape index (κ1) is 16.5. The van der Waals surface area contributed by atoms with Gasteiger partial charge < -0.3 is 15.0 Å². The summed E-state index contributed by atoms with van der Waals surface area (Å²) in [5, 5.41) is 8.50. The lowest BCUT2D eigenvalue weighted by molar-refractivity contribution is 0.230. The Hall–Kier alpha value is -2.01. The molecule has 2 aliphatic rings. The van der Waals surface area contributed by atoms with Crippen molar-refractivity contribution in [2.75, 3.05) is 38.1 Å². The summed E-state index contributed by atoms with van der Waals surface area (Å²) in [4.78, 5) is 2.59. The lowest BCUT2D eigenvalue weighted by atomic mass is 10.1. The van der Waals surface area contributed by atoms with Crippen molar-refractivity contribution in [2.24, 2.45) is 0 Å². The largest absolute Gasteiger partial charge is 0.492 e. The normalized spacial score (nSPS) is 17.3. The number of nitrogens with one attached hydrogen (secondary N) is 1. The predicted octanol–water partition coefficient (Wildman–Crippen LogP) is 3.27. The van der Waals surface area contributed by atoms with Gasteiger partial charge in [-0.15, -0.1) is 0 Å². The molecule has 0 radical (unpaired) electrons. The Morgan fingerprint density at radius 2 is 2.00 bits per heavy atom. The van der Waals surface area contributed by atoms with Gasteiger partial charge in [0.05, 0.1) is 12.3 Å². The molecule has 2 aliphatic heterocycles. The van der Waals surface area contributed by atoms with E-state index < -0.39 is 0 Å². The van der Waals surface area contributed by atoms with Crippen LogP contribution in [-0.4, -0.2) is 47.5 Å². The Bertz CT molecular complexity index is 718. The molecule has 0 unspecified atom stereocenters. The number of fused-ring (bicyclic) bond motifs is 1. The minimum Gasteiger partial charge on any atom is -0.492 e. The number of benzene rings is 1. The summed E-state index contributed by atoms with van der Waals surface area (Å²) in [6, 6.07) is 8.18. The molecule has 25 heavy (non-hydrogen) atoms. The quantitative estimate of drug-likeness (QED) is 0.876. The van der Waals surface area contributed by atoms with Crippen LogP contribution in [0.5, 0.6) is 5.75 Å². The van der Waals surface area contributed by atoms with Crippen molar-refractivity contribution in [3.63, 3.8) is 0 Å². The van der Waals surface area contributed by atoms with Crippen molar-refractivity contribution in [1.82, 2.24) is 14.7 Å². The summed E-state index contributed by atoms with van der Waals surface area (Å²) in [5.41, 5.74) is 3.67. The van der Waals surface area contributed by atoms with Gasteiger partial charge in [-0.25, -0.2) is 4.68 Å². The zero-order chi connectivity index (χ0) is 17.1. The minimum absolute atomic E-state index is 0.662. The van der Waals surface area contributed by atoms with Crippen molar-refractivity contribution in [2.45, 2.75) is 39.0 Å². The van der Waals surface area contributed by atoms with Crippen molar-refractivity contribution in [3.05, 3.63) is 35.5 Å². The van der Waals surface area contributed by atoms with E-state index in [0.717, 1.165) is 43.2 Å². The third kappa shape index (κ3) is 3.38. The number of para-hydroxylation sites is 2. The van der Waals surface area contributed by atoms with Gasteiger partial charge >= 0.3 is 0 Å². The molecule has 1 fully saturated rings. The number of ether oxygens (including phenoxy) is 1. The highest BCUT2D eigenvalue weighted by molar-refractivity contribution is 5.60. The summed E-state index contributed by atoms with van der Waals surface area (Å²) in [7, 11) is 0. The second kappa shape index (κ2) is 7.48. The maximum Gasteiger partial charge on any atom is 0.145 e. The maximum absolute atomic E-state index is 5.82. The molecular weight excluding hydrogens is 312 g/mol. The van der Waals surface area contributed by atoms with Crippen LogP contribution in [0.15, 0.2) is 24.3 Å². The van der Waals surface area contributed by atoms with Gasteiger partial charge in [0.25, 0.3) is 0 Å². The predicted molar refractivity (Wildman–Crippen MR) is 101 cm³/mol. The molecule has 3 heterocycles. The standard InChI is InChI=1S/C20H28N4O/c1-2-25-19-9-5-4-8-18(19)24-20-16(10-12-21-20)17(22-24)11-15-23-13-6-3-7-14-23/h4-5,8-9,21H,2-3,6-7,10-15H2,1H3. The summed E-state index contributed by atoms with van der Waals surface area (Å²) in [6.07, 6.45) is 6.18. The fraction of sp³-hybridized carbons (Fsp3) is 0.550. The van der Waals surface area contributed by atoms with E-state index in [1.165, 1.54) is 43.6 Å². The Morgan fingerprint density at radius 1 is 1.16 bits per heavy atom. The second-order valence-electron chi connectivity index (χ2n) is 6.92. The third-order valence-electron chi connectivity index (χ3n) is 5.24. The Kier molecular flexibility index (Phi) is 4.92. The molecule has 1 aromatic carbocycles. The molecule has 0 bridgehead atoms. The van der Waals surface area contributed by atoms with Gasteiger partial charge in [0.1, 0.15) is 17.3 Å². The van der Waals surface area contributed by atoms with E-state index in [1.807, 2.05) is 25.1 Å². The molecule has 0 spiro atoms. The molecule has 1 aromatic heterocycles. The zero-order valence-electron chi connectivity index (χ0n) is 15.1. The molecule has 1 N–H and O–H groups in total. The first-order chi connectivity index (χ1) is 12.4. The van der Waals surface area contributed by atoms with Crippen molar-refractivity contribution in [3.8, 4) is 11.4 Å². The van der Waals surface area contributed by atoms with E-state index in [1.54, 1.807) is 0 Å². The van der Waals surface area contributed by atoms with Gasteiger partial charge in [0, 0.05) is 25.1 Å². The number of hydrogen-bond donors (Lipinski definition) is 1. The molecule has 134 valence electrons. The number of anilines is 1. The highest BCUT2D eigenvalue weighted by Gasteiger charge is 2.24. The third-order valence-corrected chi connectivity index (χ3v) is 5.24. The molecule has 4 rings (SSSR count). The van der Waals surface area contributed by atoms with E-state index in [-0.39, 0.29) is 0 Å². The highest BCUT2D eigenvalue weighted by atomic mass is 16.5. The number of aromatic nitrogens is 2. The number of nitrogens with zero attached hydrogens (tertiary/aromatic N) is 3. The molecule has 1 saturated heterocycles. The number of rotatable bonds is 6. The molecule has 2 aromatic rings. The summed E-state index contributed by atoms with van der Waals surface area (Å²) >= 11 is 0. The summed E-state index contributed by atoms with van der Waals surface area (Å²) in [6.45, 7) is 7.29. The monoisotopic (exact) mass is 340 g/mol. The van der Waals surface area contributed by atoms with E-state index in [2.05, 4.69) is 21.0 Å². The number of piperidine rings is 1. The van der Waals surface area contributed by atoms with Crippen LogP contribution in [0.2, 0.25) is 0 Å². The van der Waals surface area contributed by atoms with Gasteiger partial charge in [-0.1, -0.05) is 18.6 Å². The summed E-state index contributed by atoms with van der Waals surface area (Å²) < 4.78 is 7.87. The number of hydrogen-bond acceptors (Lipinski definition) is 4. The van der Waals surface area contributed by atoms with Crippen LogP contribution >= 0.6 is 0 Å². The highest BCUT2D eigenvalue weighted by Crippen LogP contribution is 2.32. The van der Waals surface area contributed by atoms with Crippen molar-refractivity contribution < 1.29 is 4.74 Å². The van der Waals surface area contributed by atoms with E-state index >= 15 is 0 Å². The molecule has 0 atom stereocenters. The van der Waals surface area contributed by atoms with Gasteiger partial charge in [-0.05, 0) is 51.4 Å².